The minimum atomic E-state index is -2.02. The number of aromatic nitrogens is 1. The van der Waals surface area contributed by atoms with Crippen LogP contribution >= 0.6 is 0 Å². The van der Waals surface area contributed by atoms with E-state index in [4.69, 9.17) is 4.43 Å². The summed E-state index contributed by atoms with van der Waals surface area (Å²) in [5.41, 5.74) is 0.911. The lowest BCUT2D eigenvalue weighted by molar-refractivity contribution is 0.137. The van der Waals surface area contributed by atoms with Gasteiger partial charge < -0.3 is 8.98 Å². The van der Waals surface area contributed by atoms with Gasteiger partial charge in [-0.25, -0.2) is 0 Å². The van der Waals surface area contributed by atoms with Gasteiger partial charge >= 0.3 is 0 Å². The van der Waals surface area contributed by atoms with Crippen LogP contribution in [0.25, 0.3) is 0 Å². The molecule has 150 valence electrons. The van der Waals surface area contributed by atoms with Crippen LogP contribution in [0.5, 0.6) is 0 Å². The Morgan fingerprint density at radius 2 is 1.81 bits per heavy atom. The number of nitrogens with zero attached hydrogens (tertiary/aromatic N) is 1. The van der Waals surface area contributed by atoms with Crippen LogP contribution in [-0.2, 0) is 15.8 Å². The third kappa shape index (κ3) is 6.64. The fourth-order valence-corrected chi connectivity index (χ4v) is 4.43. The molecule has 0 aliphatic carbocycles. The van der Waals surface area contributed by atoms with Crippen molar-refractivity contribution < 1.29 is 8.98 Å². The van der Waals surface area contributed by atoms with Gasteiger partial charge in [0.15, 0.2) is 8.32 Å². The summed E-state index contributed by atoms with van der Waals surface area (Å²) in [6, 6.07) is 5.89. The minimum Gasteiger partial charge on any atom is -0.598 e. The summed E-state index contributed by atoms with van der Waals surface area (Å²) in [4.78, 5) is 4.58. The van der Waals surface area contributed by atoms with E-state index in [2.05, 4.69) is 50.5 Å². The Kier molecular flexibility index (Phi) is 8.36. The van der Waals surface area contributed by atoms with Gasteiger partial charge in [0.05, 0.1) is 11.7 Å². The Morgan fingerprint density at radius 1 is 1.19 bits per heavy atom. The lowest BCUT2D eigenvalue weighted by Gasteiger charge is -2.41. The normalized spacial score (nSPS) is 17.0. The van der Waals surface area contributed by atoms with Crippen molar-refractivity contribution in [1.29, 1.82) is 0 Å². The molecule has 3 atom stereocenters. The quantitative estimate of drug-likeness (QED) is 0.473. The molecule has 0 aromatic carbocycles. The van der Waals surface area contributed by atoms with Crippen molar-refractivity contribution in [1.82, 2.24) is 9.71 Å². The first kappa shape index (κ1) is 23.6. The Bertz CT molecular complexity index is 541. The van der Waals surface area contributed by atoms with E-state index in [9.17, 15) is 4.55 Å². The molecule has 4 nitrogen and oxygen atoms in total. The van der Waals surface area contributed by atoms with Crippen molar-refractivity contribution in [2.45, 2.75) is 96.3 Å². The van der Waals surface area contributed by atoms with Crippen LogP contribution in [0, 0.1) is 0 Å². The van der Waals surface area contributed by atoms with Gasteiger partial charge in [-0.1, -0.05) is 40.2 Å². The fraction of sp³-hybridized carbons (Fsp3) is 0.750. The van der Waals surface area contributed by atoms with E-state index < -0.39 is 19.7 Å². The van der Waals surface area contributed by atoms with Gasteiger partial charge in [0.25, 0.3) is 0 Å². The SMILES string of the molecule is CCC[C@H](N[S+]([O-])C(C)(C)C)C(O[Si](C)(C)C(C)(C)C)c1ccccn1. The standard InChI is InChI=1S/C20H38N2O2SSi/c1-10-13-17(22-25(23)19(2,3)4)18(16-14-11-12-15-21-16)24-26(8,9)20(5,6)7/h11-12,14-15,17-18,22H,10,13H2,1-9H3/t17-,18?,25?/m0/s1. The number of pyridine rings is 1. The lowest BCUT2D eigenvalue weighted by Crippen LogP contribution is -2.51. The topological polar surface area (TPSA) is 57.2 Å². The molecule has 0 spiro atoms. The molecular formula is C20H38N2O2SSi. The van der Waals surface area contributed by atoms with E-state index in [0.717, 1.165) is 18.5 Å². The monoisotopic (exact) mass is 398 g/mol. The maximum Gasteiger partial charge on any atom is 0.193 e. The van der Waals surface area contributed by atoms with Crippen LogP contribution in [0.4, 0.5) is 0 Å². The molecule has 6 heteroatoms. The molecule has 0 bridgehead atoms. The van der Waals surface area contributed by atoms with Crippen molar-refractivity contribution in [3.63, 3.8) is 0 Å². The molecule has 0 saturated heterocycles. The number of hydrogen-bond donors (Lipinski definition) is 1. The van der Waals surface area contributed by atoms with Crippen molar-refractivity contribution in [3.05, 3.63) is 30.1 Å². The van der Waals surface area contributed by atoms with Gasteiger partial charge in [-0.05, 0) is 57.5 Å². The second-order valence-electron chi connectivity index (χ2n) is 9.45. The van der Waals surface area contributed by atoms with Gasteiger partial charge in [0.1, 0.15) is 10.9 Å². The molecule has 26 heavy (non-hydrogen) atoms. The Labute approximate surface area is 165 Å². The smallest absolute Gasteiger partial charge is 0.193 e. The van der Waals surface area contributed by atoms with E-state index in [1.165, 1.54) is 0 Å². The van der Waals surface area contributed by atoms with E-state index in [1.807, 2.05) is 39.0 Å². The molecule has 0 aliphatic heterocycles. The zero-order chi connectivity index (χ0) is 20.2. The Hall–Kier alpha value is -0.403. The largest absolute Gasteiger partial charge is 0.598 e. The van der Waals surface area contributed by atoms with Crippen LogP contribution < -0.4 is 4.72 Å². The van der Waals surface area contributed by atoms with Crippen molar-refractivity contribution in [2.75, 3.05) is 0 Å². The van der Waals surface area contributed by atoms with Gasteiger partial charge in [-0.15, -0.1) is 4.72 Å². The highest BCUT2D eigenvalue weighted by molar-refractivity contribution is 7.90. The summed E-state index contributed by atoms with van der Waals surface area (Å²) in [6.07, 6.45) is 3.48. The molecule has 0 saturated carbocycles. The Balaban J connectivity index is 3.23. The predicted octanol–water partition coefficient (Wildman–Crippen LogP) is 5.37. The predicted molar refractivity (Wildman–Crippen MR) is 115 cm³/mol. The van der Waals surface area contributed by atoms with Crippen LogP contribution in [0.3, 0.4) is 0 Å². The molecule has 1 aromatic heterocycles. The van der Waals surface area contributed by atoms with E-state index in [0.29, 0.717) is 0 Å². The molecule has 0 aliphatic rings. The second kappa shape index (κ2) is 9.19. The van der Waals surface area contributed by atoms with Crippen molar-refractivity contribution in [2.24, 2.45) is 0 Å². The maximum atomic E-state index is 12.8. The third-order valence-electron chi connectivity index (χ3n) is 4.99. The lowest BCUT2D eigenvalue weighted by atomic mass is 10.0. The van der Waals surface area contributed by atoms with E-state index in [1.54, 1.807) is 6.20 Å². The number of hydrogen-bond acceptors (Lipinski definition) is 4. The van der Waals surface area contributed by atoms with Crippen LogP contribution in [0.1, 0.15) is 73.1 Å². The molecule has 1 rings (SSSR count). The summed E-state index contributed by atoms with van der Waals surface area (Å²) in [5.74, 6) is 0. The van der Waals surface area contributed by atoms with E-state index >= 15 is 0 Å². The zero-order valence-corrected chi connectivity index (χ0v) is 19.9. The average molecular weight is 399 g/mol. The van der Waals surface area contributed by atoms with Gasteiger partial charge in [0, 0.05) is 17.6 Å². The third-order valence-corrected chi connectivity index (χ3v) is 11.1. The maximum absolute atomic E-state index is 12.8. The molecule has 1 heterocycles. The average Bonchev–Trinajstić information content (AvgIpc) is 2.51. The highest BCUT2D eigenvalue weighted by Crippen LogP contribution is 2.41. The number of rotatable bonds is 8. The first-order chi connectivity index (χ1) is 11.8. The molecule has 2 unspecified atom stereocenters. The molecule has 0 fully saturated rings. The molecule has 0 radical (unpaired) electrons. The van der Waals surface area contributed by atoms with Crippen LogP contribution in [-0.4, -0.2) is 28.6 Å². The highest BCUT2D eigenvalue weighted by atomic mass is 32.2. The fourth-order valence-electron chi connectivity index (χ4n) is 2.28. The molecule has 0 amide bonds. The zero-order valence-electron chi connectivity index (χ0n) is 18.1. The second-order valence-corrected chi connectivity index (χ2v) is 16.2. The van der Waals surface area contributed by atoms with Gasteiger partial charge in [-0.2, -0.15) is 0 Å². The highest BCUT2D eigenvalue weighted by Gasteiger charge is 2.43. The molecule has 1 N–H and O–H groups in total. The molecular weight excluding hydrogens is 360 g/mol. The summed E-state index contributed by atoms with van der Waals surface area (Å²) < 4.78 is 22.6. The van der Waals surface area contributed by atoms with Crippen molar-refractivity contribution in [3.8, 4) is 0 Å². The van der Waals surface area contributed by atoms with Gasteiger partial charge in [-0.3, -0.25) is 4.98 Å². The minimum absolute atomic E-state index is 0.0379. The first-order valence-electron chi connectivity index (χ1n) is 9.56. The first-order valence-corrected chi connectivity index (χ1v) is 13.6. The van der Waals surface area contributed by atoms with E-state index in [-0.39, 0.29) is 21.9 Å². The van der Waals surface area contributed by atoms with Crippen LogP contribution in [0.15, 0.2) is 24.4 Å². The summed E-state index contributed by atoms with van der Waals surface area (Å²) in [7, 11) is -2.02. The van der Waals surface area contributed by atoms with Gasteiger partial charge in [0.2, 0.25) is 0 Å². The van der Waals surface area contributed by atoms with Crippen molar-refractivity contribution >= 4 is 19.7 Å². The van der Waals surface area contributed by atoms with Crippen LogP contribution in [0.2, 0.25) is 18.1 Å². The summed E-state index contributed by atoms with van der Waals surface area (Å²) in [5, 5.41) is 0.0972. The summed E-state index contributed by atoms with van der Waals surface area (Å²) >= 11 is -1.16. The Morgan fingerprint density at radius 3 is 2.23 bits per heavy atom. The summed E-state index contributed by atoms with van der Waals surface area (Å²) in [6.45, 7) is 19.4. The number of nitrogens with one attached hydrogen (secondary N) is 1. The molecule has 1 aromatic rings.